The molecule has 0 saturated carbocycles. The fourth-order valence-corrected chi connectivity index (χ4v) is 2.64. The van der Waals surface area contributed by atoms with Gasteiger partial charge in [0.05, 0.1) is 25.2 Å². The number of esters is 1. The summed E-state index contributed by atoms with van der Waals surface area (Å²) in [7, 11) is 0. The molecule has 1 aromatic rings. The first-order chi connectivity index (χ1) is 12.2. The van der Waals surface area contributed by atoms with Gasteiger partial charge >= 0.3 is 5.97 Å². The number of hydrogen-bond acceptors (Lipinski definition) is 7. The molecule has 1 fully saturated rings. The van der Waals surface area contributed by atoms with Crippen molar-refractivity contribution in [2.24, 2.45) is 10.2 Å². The molecular weight excluding hydrogens is 342 g/mol. The van der Waals surface area contributed by atoms with Crippen molar-refractivity contribution in [2.75, 3.05) is 19.0 Å². The van der Waals surface area contributed by atoms with Crippen molar-refractivity contribution in [1.82, 2.24) is 5.32 Å². The van der Waals surface area contributed by atoms with Crippen LogP contribution in [0.1, 0.15) is 31.7 Å². The molecule has 1 amide bonds. The first kappa shape index (κ1) is 19.0. The Hall–Kier alpha value is -2.35. The van der Waals surface area contributed by atoms with Gasteiger partial charge in [0, 0.05) is 6.42 Å². The minimum Gasteiger partial charge on any atom is -0.494 e. The van der Waals surface area contributed by atoms with Crippen LogP contribution in [0.3, 0.4) is 0 Å². The van der Waals surface area contributed by atoms with Crippen molar-refractivity contribution >= 4 is 35.0 Å². The molecule has 1 heterocycles. The van der Waals surface area contributed by atoms with Crippen molar-refractivity contribution in [3.8, 4) is 5.75 Å². The second-order valence-electron chi connectivity index (χ2n) is 5.17. The van der Waals surface area contributed by atoms with E-state index in [0.717, 1.165) is 24.2 Å². The summed E-state index contributed by atoms with van der Waals surface area (Å²) in [6, 6.07) is 7.48. The number of nitrogens with one attached hydrogen (secondary N) is 1. The molecule has 0 aromatic heterocycles. The number of amidine groups is 1. The molecule has 1 aromatic carbocycles. The van der Waals surface area contributed by atoms with Crippen LogP contribution < -0.4 is 10.1 Å². The summed E-state index contributed by atoms with van der Waals surface area (Å²) in [4.78, 5) is 22.3. The molecule has 0 bridgehead atoms. The van der Waals surface area contributed by atoms with Gasteiger partial charge < -0.3 is 14.8 Å². The number of nitrogens with zero attached hydrogens (tertiary/aromatic N) is 2. The fourth-order valence-electron chi connectivity index (χ4n) is 2.01. The minimum absolute atomic E-state index is 0.0581. The number of carbonyl (C=O) groups excluding carboxylic acids is 2. The summed E-state index contributed by atoms with van der Waals surface area (Å²) in [5, 5.41) is 11.0. The summed E-state index contributed by atoms with van der Waals surface area (Å²) in [5.74, 6) is 0.890. The molecule has 0 spiro atoms. The van der Waals surface area contributed by atoms with Crippen LogP contribution in [0.2, 0.25) is 0 Å². The highest BCUT2D eigenvalue weighted by atomic mass is 32.2. The highest BCUT2D eigenvalue weighted by molar-refractivity contribution is 8.15. The number of ether oxygens (including phenoxy) is 2. The van der Waals surface area contributed by atoms with Gasteiger partial charge in [0.15, 0.2) is 5.17 Å². The van der Waals surface area contributed by atoms with Gasteiger partial charge in [-0.25, -0.2) is 0 Å². The van der Waals surface area contributed by atoms with E-state index in [1.807, 2.05) is 24.3 Å². The number of carbonyl (C=O) groups is 2. The van der Waals surface area contributed by atoms with Crippen LogP contribution in [0.5, 0.6) is 5.75 Å². The summed E-state index contributed by atoms with van der Waals surface area (Å²) in [6.07, 6.45) is 3.53. The SMILES string of the molecule is CCOC(=O)CCCCOc1cccc(C=NN=C2NC(=O)CS2)c1. The van der Waals surface area contributed by atoms with E-state index in [1.165, 1.54) is 11.8 Å². The van der Waals surface area contributed by atoms with Gasteiger partial charge in [-0.05, 0) is 37.5 Å². The van der Waals surface area contributed by atoms with Gasteiger partial charge in [-0.15, -0.1) is 5.10 Å². The molecule has 2 rings (SSSR count). The Bertz CT molecular complexity index is 661. The number of unbranched alkanes of at least 4 members (excludes halogenated alkanes) is 1. The van der Waals surface area contributed by atoms with Gasteiger partial charge in [0.2, 0.25) is 5.91 Å². The van der Waals surface area contributed by atoms with Crippen LogP contribution in [-0.2, 0) is 14.3 Å². The Morgan fingerprint density at radius 1 is 1.40 bits per heavy atom. The number of thioether (sulfide) groups is 1. The van der Waals surface area contributed by atoms with Crippen molar-refractivity contribution < 1.29 is 19.1 Å². The third-order valence-electron chi connectivity index (χ3n) is 3.15. The Balaban J connectivity index is 1.73. The summed E-state index contributed by atoms with van der Waals surface area (Å²) in [5.41, 5.74) is 0.850. The van der Waals surface area contributed by atoms with Crippen LogP contribution in [0.15, 0.2) is 34.5 Å². The number of rotatable bonds is 9. The fraction of sp³-hybridized carbons (Fsp3) is 0.412. The Kier molecular flexibility index (Phi) is 7.97. The predicted octanol–water partition coefficient (Wildman–Crippen LogP) is 2.35. The number of benzene rings is 1. The second-order valence-corrected chi connectivity index (χ2v) is 6.13. The quantitative estimate of drug-likeness (QED) is 0.315. The first-order valence-electron chi connectivity index (χ1n) is 8.09. The van der Waals surface area contributed by atoms with Crippen molar-refractivity contribution in [1.29, 1.82) is 0 Å². The molecule has 1 N–H and O–H groups in total. The zero-order chi connectivity index (χ0) is 17.9. The van der Waals surface area contributed by atoms with Gasteiger partial charge in [0.1, 0.15) is 5.75 Å². The largest absolute Gasteiger partial charge is 0.494 e. The molecule has 25 heavy (non-hydrogen) atoms. The summed E-state index contributed by atoms with van der Waals surface area (Å²) in [6.45, 7) is 2.75. The molecular formula is C17H21N3O4S. The Morgan fingerprint density at radius 2 is 2.28 bits per heavy atom. The Labute approximate surface area is 150 Å². The van der Waals surface area contributed by atoms with Gasteiger partial charge in [-0.3, -0.25) is 9.59 Å². The van der Waals surface area contributed by atoms with Crippen LogP contribution in [-0.4, -0.2) is 42.2 Å². The zero-order valence-corrected chi connectivity index (χ0v) is 14.9. The first-order valence-corrected chi connectivity index (χ1v) is 9.08. The van der Waals surface area contributed by atoms with Gasteiger partial charge in [-0.2, -0.15) is 5.10 Å². The average Bonchev–Trinajstić information content (AvgIpc) is 3.00. The standard InChI is InChI=1S/C17H21N3O4S/c1-2-23-16(22)8-3-4-9-24-14-7-5-6-13(10-14)11-18-20-17-19-15(21)12-25-17/h5-7,10-11H,2-4,8-9,12H2,1H3,(H,19,20,21). The van der Waals surface area contributed by atoms with Crippen molar-refractivity contribution in [2.45, 2.75) is 26.2 Å². The maximum atomic E-state index is 11.2. The topological polar surface area (TPSA) is 89.3 Å². The lowest BCUT2D eigenvalue weighted by Gasteiger charge is -2.06. The lowest BCUT2D eigenvalue weighted by molar-refractivity contribution is -0.143. The molecule has 7 nitrogen and oxygen atoms in total. The minimum atomic E-state index is -0.168. The van der Waals surface area contributed by atoms with Crippen LogP contribution in [0.25, 0.3) is 0 Å². The van der Waals surface area contributed by atoms with Crippen LogP contribution >= 0.6 is 11.8 Å². The van der Waals surface area contributed by atoms with E-state index in [-0.39, 0.29) is 11.9 Å². The molecule has 1 saturated heterocycles. The normalized spacial score (nSPS) is 15.6. The van der Waals surface area contributed by atoms with Gasteiger partial charge in [-0.1, -0.05) is 23.9 Å². The molecule has 1 aliphatic heterocycles. The molecule has 1 aliphatic rings. The van der Waals surface area contributed by atoms with Crippen molar-refractivity contribution in [3.63, 3.8) is 0 Å². The number of amides is 1. The lowest BCUT2D eigenvalue weighted by atomic mass is 10.2. The molecule has 0 aliphatic carbocycles. The zero-order valence-electron chi connectivity index (χ0n) is 14.1. The number of hydrogen-bond donors (Lipinski definition) is 1. The van der Waals surface area contributed by atoms with E-state index < -0.39 is 0 Å². The summed E-state index contributed by atoms with van der Waals surface area (Å²) < 4.78 is 10.5. The Morgan fingerprint density at radius 3 is 3.04 bits per heavy atom. The molecule has 134 valence electrons. The van der Waals surface area contributed by atoms with E-state index in [4.69, 9.17) is 9.47 Å². The van der Waals surface area contributed by atoms with Crippen LogP contribution in [0.4, 0.5) is 0 Å². The third-order valence-corrected chi connectivity index (χ3v) is 4.01. The monoisotopic (exact) mass is 363 g/mol. The predicted molar refractivity (Wildman–Crippen MR) is 98.1 cm³/mol. The third kappa shape index (κ3) is 7.38. The van der Waals surface area contributed by atoms with E-state index in [1.54, 1.807) is 13.1 Å². The smallest absolute Gasteiger partial charge is 0.305 e. The molecule has 0 atom stereocenters. The highest BCUT2D eigenvalue weighted by Crippen LogP contribution is 2.13. The van der Waals surface area contributed by atoms with E-state index in [9.17, 15) is 9.59 Å². The molecule has 8 heteroatoms. The van der Waals surface area contributed by atoms with E-state index in [2.05, 4.69) is 15.5 Å². The van der Waals surface area contributed by atoms with Crippen LogP contribution in [0, 0.1) is 0 Å². The molecule has 0 unspecified atom stereocenters. The average molecular weight is 363 g/mol. The highest BCUT2D eigenvalue weighted by Gasteiger charge is 2.15. The molecule has 0 radical (unpaired) electrons. The second kappa shape index (κ2) is 10.5. The lowest BCUT2D eigenvalue weighted by Crippen LogP contribution is -2.19. The van der Waals surface area contributed by atoms with E-state index in [0.29, 0.717) is 30.6 Å². The summed E-state index contributed by atoms with van der Waals surface area (Å²) >= 11 is 1.33. The van der Waals surface area contributed by atoms with E-state index >= 15 is 0 Å². The maximum Gasteiger partial charge on any atom is 0.305 e. The maximum absolute atomic E-state index is 11.2. The van der Waals surface area contributed by atoms with Crippen molar-refractivity contribution in [3.05, 3.63) is 29.8 Å². The van der Waals surface area contributed by atoms with Gasteiger partial charge in [0.25, 0.3) is 0 Å².